The molecule has 0 spiro atoms. The van der Waals surface area contributed by atoms with Crippen LogP contribution in [0, 0.1) is 5.82 Å². The molecule has 5 rings (SSSR count). The van der Waals surface area contributed by atoms with Gasteiger partial charge in [0.25, 0.3) is 11.5 Å². The van der Waals surface area contributed by atoms with Gasteiger partial charge in [0.05, 0.1) is 5.69 Å². The Morgan fingerprint density at radius 1 is 0.939 bits per heavy atom. The van der Waals surface area contributed by atoms with Crippen LogP contribution >= 0.6 is 0 Å². The van der Waals surface area contributed by atoms with Crippen molar-refractivity contribution in [3.63, 3.8) is 0 Å². The molecule has 0 atom stereocenters. The summed E-state index contributed by atoms with van der Waals surface area (Å²) >= 11 is 0. The molecule has 1 fully saturated rings. The number of halogens is 1. The van der Waals surface area contributed by atoms with Gasteiger partial charge in [0, 0.05) is 29.8 Å². The summed E-state index contributed by atoms with van der Waals surface area (Å²) in [5, 5.41) is 6.97. The van der Waals surface area contributed by atoms with Crippen molar-refractivity contribution in [1.82, 2.24) is 15.1 Å². The van der Waals surface area contributed by atoms with Crippen molar-refractivity contribution in [2.75, 3.05) is 13.1 Å². The summed E-state index contributed by atoms with van der Waals surface area (Å²) in [6.45, 7) is 1.51. The second-order valence-electron chi connectivity index (χ2n) is 9.02. The van der Waals surface area contributed by atoms with E-state index in [0.29, 0.717) is 29.5 Å². The minimum Gasteiger partial charge on any atom is -0.339 e. The van der Waals surface area contributed by atoms with Crippen LogP contribution in [0.4, 0.5) is 4.39 Å². The minimum atomic E-state index is -0.333. The Kier molecular flexibility index (Phi) is 6.07. The van der Waals surface area contributed by atoms with Crippen LogP contribution < -0.4 is 5.56 Å². The van der Waals surface area contributed by atoms with Gasteiger partial charge >= 0.3 is 0 Å². The Bertz CT molecular complexity index is 1240. The van der Waals surface area contributed by atoms with Gasteiger partial charge in [-0.05, 0) is 86.3 Å². The molecule has 2 aliphatic rings. The first-order valence-electron chi connectivity index (χ1n) is 11.9. The van der Waals surface area contributed by atoms with Gasteiger partial charge in [-0.25, -0.2) is 9.49 Å². The number of nitrogens with one attached hydrogen (secondary N) is 1. The zero-order valence-electron chi connectivity index (χ0n) is 18.7. The number of amides is 1. The molecule has 33 heavy (non-hydrogen) atoms. The molecule has 1 saturated heterocycles. The fourth-order valence-electron chi connectivity index (χ4n) is 5.13. The first-order chi connectivity index (χ1) is 16.1. The van der Waals surface area contributed by atoms with Crippen LogP contribution in [-0.4, -0.2) is 34.1 Å². The Balaban J connectivity index is 1.42. The number of H-pyrrole nitrogens is 1. The zero-order chi connectivity index (χ0) is 22.8. The van der Waals surface area contributed by atoms with Gasteiger partial charge in [-0.2, -0.15) is 5.10 Å². The third kappa shape index (κ3) is 4.34. The van der Waals surface area contributed by atoms with Crippen LogP contribution in [0.5, 0.6) is 0 Å². The van der Waals surface area contributed by atoms with Crippen molar-refractivity contribution in [2.45, 2.75) is 51.4 Å². The Morgan fingerprint density at radius 3 is 2.52 bits per heavy atom. The highest BCUT2D eigenvalue weighted by Gasteiger charge is 2.23. The van der Waals surface area contributed by atoms with E-state index in [4.69, 9.17) is 0 Å². The van der Waals surface area contributed by atoms with Crippen LogP contribution in [-0.2, 0) is 25.7 Å². The largest absolute Gasteiger partial charge is 0.339 e. The molecule has 0 bridgehead atoms. The SMILES string of the molecule is O=C(c1ccccc1-c1cc(CCc2n[nH]c(=O)c3c2CCCC3)ccc1F)N1CCCC1. The maximum atomic E-state index is 14.9. The number of rotatable bonds is 5. The Labute approximate surface area is 192 Å². The molecule has 0 saturated carbocycles. The lowest BCUT2D eigenvalue weighted by Crippen LogP contribution is -2.28. The van der Waals surface area contributed by atoms with Crippen LogP contribution in [0.2, 0.25) is 0 Å². The lowest BCUT2D eigenvalue weighted by atomic mass is 9.90. The number of carbonyl (C=O) groups excluding carboxylic acids is 1. The molecule has 5 nitrogen and oxygen atoms in total. The first kappa shape index (κ1) is 21.6. The van der Waals surface area contributed by atoms with Crippen molar-refractivity contribution in [3.05, 3.63) is 86.6 Å². The number of likely N-dealkylation sites (tertiary alicyclic amines) is 1. The van der Waals surface area contributed by atoms with E-state index in [-0.39, 0.29) is 17.3 Å². The summed E-state index contributed by atoms with van der Waals surface area (Å²) in [7, 11) is 0. The van der Waals surface area contributed by atoms with Crippen LogP contribution in [0.25, 0.3) is 11.1 Å². The van der Waals surface area contributed by atoms with Crippen molar-refractivity contribution in [1.29, 1.82) is 0 Å². The number of aryl methyl sites for hydroxylation is 2. The third-order valence-electron chi connectivity index (χ3n) is 6.90. The maximum Gasteiger partial charge on any atom is 0.267 e. The van der Waals surface area contributed by atoms with E-state index in [1.54, 1.807) is 12.1 Å². The van der Waals surface area contributed by atoms with Crippen molar-refractivity contribution >= 4 is 5.91 Å². The molecule has 0 radical (unpaired) electrons. The standard InChI is InChI=1S/C27H28FN3O2/c28-24-13-11-18(12-14-25-20-8-2-3-9-21(20)26(32)30-29-25)17-23(24)19-7-1-4-10-22(19)27(33)31-15-5-6-16-31/h1,4,7,10-11,13,17H,2-3,5-6,8-9,12,14-16H2,(H,30,32). The molecule has 170 valence electrons. The molecule has 2 aromatic carbocycles. The molecule has 2 heterocycles. The topological polar surface area (TPSA) is 66.1 Å². The van der Waals surface area contributed by atoms with Crippen LogP contribution in [0.3, 0.4) is 0 Å². The number of aromatic amines is 1. The van der Waals surface area contributed by atoms with Gasteiger partial charge in [0.1, 0.15) is 5.82 Å². The number of fused-ring (bicyclic) bond motifs is 1. The second kappa shape index (κ2) is 9.30. The quantitative estimate of drug-likeness (QED) is 0.630. The van der Waals surface area contributed by atoms with Crippen molar-refractivity contribution in [2.24, 2.45) is 0 Å². The van der Waals surface area contributed by atoms with E-state index >= 15 is 0 Å². The predicted octanol–water partition coefficient (Wildman–Crippen LogP) is 4.48. The first-order valence-corrected chi connectivity index (χ1v) is 11.9. The molecular formula is C27H28FN3O2. The number of aromatic nitrogens is 2. The highest BCUT2D eigenvalue weighted by Crippen LogP contribution is 2.30. The lowest BCUT2D eigenvalue weighted by molar-refractivity contribution is 0.0793. The molecule has 1 N–H and O–H groups in total. The van der Waals surface area contributed by atoms with Crippen LogP contribution in [0.15, 0.2) is 47.3 Å². The van der Waals surface area contributed by atoms with Gasteiger partial charge in [0.15, 0.2) is 0 Å². The van der Waals surface area contributed by atoms with E-state index in [9.17, 15) is 14.0 Å². The second-order valence-corrected chi connectivity index (χ2v) is 9.02. The zero-order valence-corrected chi connectivity index (χ0v) is 18.7. The van der Waals surface area contributed by atoms with Crippen LogP contribution in [0.1, 0.15) is 58.4 Å². The molecular weight excluding hydrogens is 417 g/mol. The number of nitrogens with zero attached hydrogens (tertiary/aromatic N) is 2. The van der Waals surface area contributed by atoms with Gasteiger partial charge in [-0.1, -0.05) is 24.3 Å². The number of benzene rings is 2. The van der Waals surface area contributed by atoms with Gasteiger partial charge in [0.2, 0.25) is 0 Å². The normalized spacial score (nSPS) is 15.5. The summed E-state index contributed by atoms with van der Waals surface area (Å²) in [5.41, 5.74) is 5.44. The summed E-state index contributed by atoms with van der Waals surface area (Å²) in [6, 6.07) is 12.4. The Morgan fingerprint density at radius 2 is 1.70 bits per heavy atom. The number of carbonyl (C=O) groups is 1. The van der Waals surface area contributed by atoms with E-state index in [1.807, 2.05) is 29.2 Å². The minimum absolute atomic E-state index is 0.0306. The van der Waals surface area contributed by atoms with Gasteiger partial charge in [-0.3, -0.25) is 9.59 Å². The van der Waals surface area contributed by atoms with E-state index < -0.39 is 0 Å². The lowest BCUT2D eigenvalue weighted by Gasteiger charge is -2.19. The van der Waals surface area contributed by atoms with Crippen molar-refractivity contribution in [3.8, 4) is 11.1 Å². The third-order valence-corrected chi connectivity index (χ3v) is 6.90. The summed E-state index contributed by atoms with van der Waals surface area (Å²) in [6.07, 6.45) is 7.20. The molecule has 1 aliphatic heterocycles. The van der Waals surface area contributed by atoms with E-state index in [0.717, 1.165) is 74.0 Å². The summed E-state index contributed by atoms with van der Waals surface area (Å²) < 4.78 is 14.9. The average molecular weight is 446 g/mol. The monoisotopic (exact) mass is 445 g/mol. The molecule has 1 amide bonds. The summed E-state index contributed by atoms with van der Waals surface area (Å²) in [5.74, 6) is -0.364. The maximum absolute atomic E-state index is 14.9. The fraction of sp³-hybridized carbons (Fsp3) is 0.370. The van der Waals surface area contributed by atoms with Gasteiger partial charge in [-0.15, -0.1) is 0 Å². The molecule has 6 heteroatoms. The Hall–Kier alpha value is -3.28. The summed E-state index contributed by atoms with van der Waals surface area (Å²) in [4.78, 5) is 27.1. The predicted molar refractivity (Wildman–Crippen MR) is 126 cm³/mol. The average Bonchev–Trinajstić information content (AvgIpc) is 3.39. The van der Waals surface area contributed by atoms with E-state index in [1.165, 1.54) is 6.07 Å². The van der Waals surface area contributed by atoms with E-state index in [2.05, 4.69) is 10.2 Å². The van der Waals surface area contributed by atoms with Crippen molar-refractivity contribution < 1.29 is 9.18 Å². The smallest absolute Gasteiger partial charge is 0.267 e. The molecule has 3 aromatic rings. The highest BCUT2D eigenvalue weighted by molar-refractivity contribution is 6.01. The molecule has 1 aromatic heterocycles. The highest BCUT2D eigenvalue weighted by atomic mass is 19.1. The molecule has 0 unspecified atom stereocenters. The fourth-order valence-corrected chi connectivity index (χ4v) is 5.13. The number of hydrogen-bond donors (Lipinski definition) is 1. The molecule has 1 aliphatic carbocycles. The van der Waals surface area contributed by atoms with Gasteiger partial charge < -0.3 is 4.90 Å². The number of hydrogen-bond acceptors (Lipinski definition) is 3.